The standard InChI is InChI=1S/C13H16N2O2S3/c1-14-7-10-6-13(19-9-10)20(16,17)15-4-2-12-11(8-15)3-5-18-12/h3,5-6,9,14H,2,4,7-8H2,1H3. The van der Waals surface area contributed by atoms with Crippen molar-refractivity contribution in [3.8, 4) is 0 Å². The fourth-order valence-electron chi connectivity index (χ4n) is 2.34. The number of hydrogen-bond acceptors (Lipinski definition) is 5. The normalized spacial score (nSPS) is 16.2. The zero-order chi connectivity index (χ0) is 14.2. The summed E-state index contributed by atoms with van der Waals surface area (Å²) in [5.41, 5.74) is 2.17. The Labute approximate surface area is 127 Å². The van der Waals surface area contributed by atoms with Gasteiger partial charge in [-0.15, -0.1) is 22.7 Å². The summed E-state index contributed by atoms with van der Waals surface area (Å²) in [5, 5.41) is 6.98. The molecule has 0 amide bonds. The molecular formula is C13H16N2O2S3. The fraction of sp³-hybridized carbons (Fsp3) is 0.385. The first-order valence-corrected chi connectivity index (χ1v) is 9.58. The third-order valence-electron chi connectivity index (χ3n) is 3.38. The molecule has 0 spiro atoms. The van der Waals surface area contributed by atoms with Gasteiger partial charge in [0.2, 0.25) is 0 Å². The summed E-state index contributed by atoms with van der Waals surface area (Å²) in [6.07, 6.45) is 0.820. The maximum absolute atomic E-state index is 12.7. The van der Waals surface area contributed by atoms with Crippen LogP contribution in [0.2, 0.25) is 0 Å². The molecule has 0 aliphatic carbocycles. The van der Waals surface area contributed by atoms with E-state index in [2.05, 4.69) is 5.32 Å². The van der Waals surface area contributed by atoms with Crippen LogP contribution in [0.4, 0.5) is 0 Å². The molecule has 1 N–H and O–H groups in total. The van der Waals surface area contributed by atoms with Crippen molar-refractivity contribution in [3.63, 3.8) is 0 Å². The van der Waals surface area contributed by atoms with Crippen molar-refractivity contribution >= 4 is 32.7 Å². The summed E-state index contributed by atoms with van der Waals surface area (Å²) in [6, 6.07) is 3.81. The van der Waals surface area contributed by atoms with Gasteiger partial charge in [-0.25, -0.2) is 8.42 Å². The Morgan fingerprint density at radius 3 is 3.05 bits per heavy atom. The summed E-state index contributed by atoms with van der Waals surface area (Å²) in [7, 11) is -1.50. The van der Waals surface area contributed by atoms with Gasteiger partial charge in [0.15, 0.2) is 0 Å². The van der Waals surface area contributed by atoms with Crippen molar-refractivity contribution in [2.75, 3.05) is 13.6 Å². The molecule has 0 fully saturated rings. The summed E-state index contributed by atoms with van der Waals surface area (Å²) in [4.78, 5) is 1.32. The monoisotopic (exact) mass is 328 g/mol. The molecule has 4 nitrogen and oxygen atoms in total. The van der Waals surface area contributed by atoms with E-state index < -0.39 is 10.0 Å². The zero-order valence-electron chi connectivity index (χ0n) is 11.1. The highest BCUT2D eigenvalue weighted by Crippen LogP contribution is 2.30. The zero-order valence-corrected chi connectivity index (χ0v) is 13.6. The maximum atomic E-state index is 12.7. The van der Waals surface area contributed by atoms with E-state index >= 15 is 0 Å². The smallest absolute Gasteiger partial charge is 0.252 e. The van der Waals surface area contributed by atoms with Crippen molar-refractivity contribution in [1.29, 1.82) is 0 Å². The molecule has 3 rings (SSSR count). The van der Waals surface area contributed by atoms with Crippen LogP contribution in [-0.4, -0.2) is 26.3 Å². The van der Waals surface area contributed by atoms with E-state index in [1.54, 1.807) is 21.7 Å². The van der Waals surface area contributed by atoms with E-state index in [0.717, 1.165) is 17.5 Å². The molecule has 3 heterocycles. The predicted molar refractivity (Wildman–Crippen MR) is 82.7 cm³/mol. The second-order valence-corrected chi connectivity index (χ2v) is 8.84. The van der Waals surface area contributed by atoms with Crippen LogP contribution >= 0.6 is 22.7 Å². The third-order valence-corrected chi connectivity index (χ3v) is 7.71. The number of hydrogen-bond donors (Lipinski definition) is 1. The molecule has 0 atom stereocenters. The van der Waals surface area contributed by atoms with E-state index in [1.807, 2.05) is 23.9 Å². The van der Waals surface area contributed by atoms with Gasteiger partial charge in [-0.05, 0) is 47.5 Å². The lowest BCUT2D eigenvalue weighted by Gasteiger charge is -2.25. The predicted octanol–water partition coefficient (Wildman–Crippen LogP) is 2.28. The van der Waals surface area contributed by atoms with E-state index in [4.69, 9.17) is 0 Å². The summed E-state index contributed by atoms with van der Waals surface area (Å²) in [6.45, 7) is 1.77. The van der Waals surface area contributed by atoms with E-state index in [0.29, 0.717) is 23.8 Å². The number of rotatable bonds is 4. The van der Waals surface area contributed by atoms with Gasteiger partial charge < -0.3 is 5.32 Å². The SMILES string of the molecule is CNCc1csc(S(=O)(=O)N2CCc3sccc3C2)c1. The van der Waals surface area contributed by atoms with Crippen LogP contribution in [-0.2, 0) is 29.5 Å². The second kappa shape index (κ2) is 5.57. The highest BCUT2D eigenvalue weighted by molar-refractivity contribution is 7.91. The number of nitrogens with zero attached hydrogens (tertiary/aromatic N) is 1. The molecule has 20 heavy (non-hydrogen) atoms. The third kappa shape index (κ3) is 2.56. The molecule has 0 unspecified atom stereocenters. The number of thiophene rings is 2. The van der Waals surface area contributed by atoms with Gasteiger partial charge in [0.25, 0.3) is 10.0 Å². The van der Waals surface area contributed by atoms with Gasteiger partial charge in [0.05, 0.1) is 0 Å². The van der Waals surface area contributed by atoms with Crippen molar-refractivity contribution in [2.45, 2.75) is 23.7 Å². The van der Waals surface area contributed by atoms with Crippen molar-refractivity contribution < 1.29 is 8.42 Å². The average molecular weight is 328 g/mol. The van der Waals surface area contributed by atoms with Gasteiger partial charge in [-0.2, -0.15) is 4.31 Å². The van der Waals surface area contributed by atoms with Gasteiger partial charge in [0.1, 0.15) is 4.21 Å². The van der Waals surface area contributed by atoms with Crippen molar-refractivity contribution in [3.05, 3.63) is 38.9 Å². The molecular weight excluding hydrogens is 312 g/mol. The van der Waals surface area contributed by atoms with Crippen LogP contribution in [0.15, 0.2) is 27.1 Å². The summed E-state index contributed by atoms with van der Waals surface area (Å²) >= 11 is 3.02. The largest absolute Gasteiger partial charge is 0.316 e. The van der Waals surface area contributed by atoms with E-state index in [-0.39, 0.29) is 0 Å². The molecule has 1 aliphatic rings. The lowest BCUT2D eigenvalue weighted by atomic mass is 10.1. The van der Waals surface area contributed by atoms with Gasteiger partial charge >= 0.3 is 0 Å². The Balaban J connectivity index is 1.85. The molecule has 0 saturated heterocycles. The minimum atomic E-state index is -3.35. The lowest BCUT2D eigenvalue weighted by Crippen LogP contribution is -2.34. The molecule has 0 aromatic carbocycles. The van der Waals surface area contributed by atoms with Crippen LogP contribution < -0.4 is 5.32 Å². The number of nitrogens with one attached hydrogen (secondary N) is 1. The Morgan fingerprint density at radius 1 is 1.40 bits per heavy atom. The maximum Gasteiger partial charge on any atom is 0.252 e. The van der Waals surface area contributed by atoms with Crippen molar-refractivity contribution in [1.82, 2.24) is 9.62 Å². The topological polar surface area (TPSA) is 49.4 Å². The fourth-order valence-corrected chi connectivity index (χ4v) is 6.01. The Hall–Kier alpha value is -0.730. The first kappa shape index (κ1) is 14.2. The molecule has 2 aromatic rings. The number of fused-ring (bicyclic) bond motifs is 1. The molecule has 0 bridgehead atoms. The van der Waals surface area contributed by atoms with Crippen LogP contribution in [0, 0.1) is 0 Å². The van der Waals surface area contributed by atoms with E-state index in [9.17, 15) is 8.42 Å². The molecule has 108 valence electrons. The molecule has 1 aliphatic heterocycles. The molecule has 0 saturated carbocycles. The molecule has 0 radical (unpaired) electrons. The first-order valence-electron chi connectivity index (χ1n) is 6.38. The van der Waals surface area contributed by atoms with Crippen LogP contribution in [0.25, 0.3) is 0 Å². The van der Waals surface area contributed by atoms with Gasteiger partial charge in [0, 0.05) is 24.5 Å². The van der Waals surface area contributed by atoms with Crippen LogP contribution in [0.3, 0.4) is 0 Å². The lowest BCUT2D eigenvalue weighted by molar-refractivity contribution is 0.395. The second-order valence-electron chi connectivity index (χ2n) is 4.76. The minimum absolute atomic E-state index is 0.446. The van der Waals surface area contributed by atoms with E-state index in [1.165, 1.54) is 16.2 Å². The summed E-state index contributed by atoms with van der Waals surface area (Å²) in [5.74, 6) is 0. The quantitative estimate of drug-likeness (QED) is 0.937. The highest BCUT2D eigenvalue weighted by atomic mass is 32.2. The van der Waals surface area contributed by atoms with Crippen molar-refractivity contribution in [2.24, 2.45) is 0 Å². The number of sulfonamides is 1. The van der Waals surface area contributed by atoms with Crippen LogP contribution in [0.5, 0.6) is 0 Å². The highest BCUT2D eigenvalue weighted by Gasteiger charge is 2.29. The van der Waals surface area contributed by atoms with Gasteiger partial charge in [-0.1, -0.05) is 0 Å². The Kier molecular flexibility index (Phi) is 3.96. The minimum Gasteiger partial charge on any atom is -0.316 e. The molecule has 2 aromatic heterocycles. The summed E-state index contributed by atoms with van der Waals surface area (Å²) < 4.78 is 27.4. The molecule has 7 heteroatoms. The average Bonchev–Trinajstić information content (AvgIpc) is 3.06. The Morgan fingerprint density at radius 2 is 2.25 bits per heavy atom. The first-order chi connectivity index (χ1) is 9.61. The Bertz CT molecular complexity index is 703. The van der Waals surface area contributed by atoms with Gasteiger partial charge in [-0.3, -0.25) is 0 Å². The van der Waals surface area contributed by atoms with Crippen LogP contribution in [0.1, 0.15) is 16.0 Å².